The molecule has 2 atom stereocenters. The van der Waals surface area contributed by atoms with E-state index < -0.39 is 60.2 Å². The van der Waals surface area contributed by atoms with Crippen LogP contribution in [0.1, 0.15) is 39.0 Å². The van der Waals surface area contributed by atoms with Crippen LogP contribution in [0.25, 0.3) is 0 Å². The molecule has 4 aliphatic carbocycles. The molecule has 4 bridgehead atoms. The number of hydrogen-bond acceptors (Lipinski definition) is 4. The summed E-state index contributed by atoms with van der Waals surface area (Å²) in [6.07, 6.45) is 1.80. The fraction of sp³-hybridized carbons (Fsp3) is 0.842. The molecule has 10 heteroatoms. The minimum absolute atomic E-state index is 0.0798. The number of rotatable bonds is 2. The van der Waals surface area contributed by atoms with E-state index in [1.165, 1.54) is 6.92 Å². The lowest BCUT2D eigenvalue weighted by Gasteiger charge is -2.63. The van der Waals surface area contributed by atoms with Crippen LogP contribution in [0.3, 0.4) is 0 Å². The van der Waals surface area contributed by atoms with E-state index in [9.17, 15) is 31.1 Å². The molecule has 0 radical (unpaired) electrons. The molecule has 1 spiro atoms. The summed E-state index contributed by atoms with van der Waals surface area (Å²) in [5, 5.41) is 0. The monoisotopic (exact) mass is 428 g/mol. The highest BCUT2D eigenvalue weighted by Gasteiger charge is 2.75. The van der Waals surface area contributed by atoms with Crippen molar-refractivity contribution in [1.82, 2.24) is 0 Å². The molecular weight excluding hydrogens is 406 g/mol. The van der Waals surface area contributed by atoms with Crippen LogP contribution in [0.5, 0.6) is 0 Å². The van der Waals surface area contributed by atoms with Gasteiger partial charge in [-0.25, -0.2) is 4.79 Å². The van der Waals surface area contributed by atoms with Gasteiger partial charge in [-0.3, -0.25) is 0 Å². The van der Waals surface area contributed by atoms with Crippen molar-refractivity contribution in [2.24, 2.45) is 17.8 Å². The second-order valence-corrected chi connectivity index (χ2v) is 8.98. The van der Waals surface area contributed by atoms with Gasteiger partial charge in [0.15, 0.2) is 5.79 Å². The fourth-order valence-corrected chi connectivity index (χ4v) is 5.63. The fourth-order valence-electron chi connectivity index (χ4n) is 5.63. The summed E-state index contributed by atoms with van der Waals surface area (Å²) in [6, 6.07) is 0. The number of alkyl halides is 6. The maximum absolute atomic E-state index is 14.0. The second-order valence-electron chi connectivity index (χ2n) is 8.98. The Kier molecular flexibility index (Phi) is 4.42. The predicted molar refractivity (Wildman–Crippen MR) is 86.7 cm³/mol. The van der Waals surface area contributed by atoms with E-state index in [1.807, 2.05) is 0 Å². The third-order valence-electron chi connectivity index (χ3n) is 6.81. The Morgan fingerprint density at radius 2 is 1.41 bits per heavy atom. The maximum atomic E-state index is 14.0. The standard InChI is InChI=1S/C19H22F6O4/c1-10(2)14(26)29-15-5-11-3-12(6-15)18(13(4-11)7-15)27-8-16(20,21)19(24,25)17(22,23)9-28-18/h11-13H,1,3-9H2,2H3. The molecule has 0 N–H and O–H groups in total. The van der Waals surface area contributed by atoms with Gasteiger partial charge in [0.1, 0.15) is 18.8 Å². The minimum atomic E-state index is -5.59. The third-order valence-corrected chi connectivity index (χ3v) is 6.81. The van der Waals surface area contributed by atoms with E-state index in [0.717, 1.165) is 0 Å². The summed E-state index contributed by atoms with van der Waals surface area (Å²) in [5.41, 5.74) is -0.669. The largest absolute Gasteiger partial charge is 0.456 e. The van der Waals surface area contributed by atoms with Crippen molar-refractivity contribution in [3.8, 4) is 0 Å². The van der Waals surface area contributed by atoms with Crippen LogP contribution in [0.2, 0.25) is 0 Å². The van der Waals surface area contributed by atoms with Gasteiger partial charge in [0, 0.05) is 17.4 Å². The Morgan fingerprint density at radius 1 is 0.931 bits per heavy atom. The lowest BCUT2D eigenvalue weighted by atomic mass is 9.51. The first-order valence-electron chi connectivity index (χ1n) is 9.54. The van der Waals surface area contributed by atoms with E-state index in [2.05, 4.69) is 6.58 Å². The first kappa shape index (κ1) is 21.0. The lowest BCUT2D eigenvalue weighted by molar-refractivity contribution is -0.424. The van der Waals surface area contributed by atoms with Crippen LogP contribution in [0, 0.1) is 17.8 Å². The van der Waals surface area contributed by atoms with Crippen molar-refractivity contribution in [1.29, 1.82) is 0 Å². The molecule has 164 valence electrons. The van der Waals surface area contributed by atoms with Crippen LogP contribution >= 0.6 is 0 Å². The zero-order valence-electron chi connectivity index (χ0n) is 15.8. The summed E-state index contributed by atoms with van der Waals surface area (Å²) >= 11 is 0. The average molecular weight is 428 g/mol. The maximum Gasteiger partial charge on any atom is 0.376 e. The van der Waals surface area contributed by atoms with Crippen LogP contribution in [-0.2, 0) is 19.0 Å². The smallest absolute Gasteiger partial charge is 0.376 e. The molecule has 2 unspecified atom stereocenters. The minimum Gasteiger partial charge on any atom is -0.456 e. The number of hydrogen-bond donors (Lipinski definition) is 0. The van der Waals surface area contributed by atoms with Crippen molar-refractivity contribution in [2.75, 3.05) is 13.2 Å². The highest BCUT2D eigenvalue weighted by molar-refractivity contribution is 5.87. The molecule has 4 saturated carbocycles. The van der Waals surface area contributed by atoms with Gasteiger partial charge in [-0.1, -0.05) is 6.58 Å². The quantitative estimate of drug-likeness (QED) is 0.373. The first-order valence-corrected chi connectivity index (χ1v) is 9.54. The van der Waals surface area contributed by atoms with Crippen LogP contribution in [0.15, 0.2) is 12.2 Å². The molecule has 0 aromatic carbocycles. The summed E-state index contributed by atoms with van der Waals surface area (Å²) in [6.45, 7) is 1.30. The van der Waals surface area contributed by atoms with Crippen molar-refractivity contribution in [2.45, 2.75) is 68.2 Å². The SMILES string of the molecule is C=C(C)C(=O)OC12CC3CC(C1)C1(OCC(F)(F)C(F)(F)C(F)(F)CO1)C(C3)C2. The highest BCUT2D eigenvalue weighted by atomic mass is 19.3. The van der Waals surface area contributed by atoms with Crippen LogP contribution in [0.4, 0.5) is 26.3 Å². The Bertz CT molecular complexity index is 696. The van der Waals surface area contributed by atoms with E-state index in [1.54, 1.807) is 0 Å². The van der Waals surface area contributed by atoms with Gasteiger partial charge in [0.25, 0.3) is 0 Å². The van der Waals surface area contributed by atoms with Gasteiger partial charge in [0.2, 0.25) is 0 Å². The van der Waals surface area contributed by atoms with Crippen LogP contribution in [-0.4, -0.2) is 48.3 Å². The first-order chi connectivity index (χ1) is 13.2. The average Bonchev–Trinajstić information content (AvgIpc) is 2.59. The van der Waals surface area contributed by atoms with E-state index in [-0.39, 0.29) is 24.3 Å². The molecule has 0 aromatic heterocycles. The second kappa shape index (κ2) is 6.12. The normalized spacial score (nSPS) is 40.9. The number of esters is 1. The molecule has 29 heavy (non-hydrogen) atoms. The Balaban J connectivity index is 1.64. The van der Waals surface area contributed by atoms with Gasteiger partial charge in [-0.05, 0) is 44.9 Å². The molecule has 1 saturated heterocycles. The number of carbonyl (C=O) groups is 1. The molecular formula is C19H22F6O4. The summed E-state index contributed by atoms with van der Waals surface area (Å²) in [4.78, 5) is 12.1. The number of ether oxygens (including phenoxy) is 3. The van der Waals surface area contributed by atoms with Gasteiger partial charge < -0.3 is 14.2 Å². The van der Waals surface area contributed by atoms with E-state index in [4.69, 9.17) is 14.2 Å². The molecule has 0 aromatic rings. The molecule has 1 aliphatic heterocycles. The molecule has 4 nitrogen and oxygen atoms in total. The van der Waals surface area contributed by atoms with Gasteiger partial charge in [-0.2, -0.15) is 26.3 Å². The number of carbonyl (C=O) groups excluding carboxylic acids is 1. The summed E-state index contributed by atoms with van der Waals surface area (Å²) in [7, 11) is 0. The van der Waals surface area contributed by atoms with Crippen molar-refractivity contribution >= 4 is 5.97 Å². The third kappa shape index (κ3) is 2.92. The van der Waals surface area contributed by atoms with E-state index in [0.29, 0.717) is 19.3 Å². The zero-order chi connectivity index (χ0) is 21.5. The molecule has 1 heterocycles. The Labute approximate surface area is 163 Å². The van der Waals surface area contributed by atoms with E-state index >= 15 is 0 Å². The molecule has 5 rings (SSSR count). The van der Waals surface area contributed by atoms with Gasteiger partial charge in [-0.15, -0.1) is 0 Å². The van der Waals surface area contributed by atoms with Crippen molar-refractivity contribution in [3.05, 3.63) is 12.2 Å². The zero-order valence-corrected chi connectivity index (χ0v) is 15.8. The van der Waals surface area contributed by atoms with Crippen molar-refractivity contribution in [3.63, 3.8) is 0 Å². The lowest BCUT2D eigenvalue weighted by Crippen LogP contribution is -2.70. The Hall–Kier alpha value is -1.29. The Morgan fingerprint density at radius 3 is 1.86 bits per heavy atom. The molecule has 0 amide bonds. The van der Waals surface area contributed by atoms with Crippen molar-refractivity contribution < 1.29 is 45.3 Å². The number of halogens is 6. The molecule has 5 aliphatic rings. The predicted octanol–water partition coefficient (Wildman–Crippen LogP) is 4.33. The topological polar surface area (TPSA) is 44.8 Å². The summed E-state index contributed by atoms with van der Waals surface area (Å²) < 4.78 is 99.3. The van der Waals surface area contributed by atoms with Gasteiger partial charge in [0.05, 0.1) is 0 Å². The highest BCUT2D eigenvalue weighted by Crippen LogP contribution is 2.64. The van der Waals surface area contributed by atoms with Gasteiger partial charge >= 0.3 is 23.7 Å². The summed E-state index contributed by atoms with van der Waals surface area (Å²) in [5.74, 6) is -19.3. The molecule has 5 fully saturated rings. The van der Waals surface area contributed by atoms with Crippen LogP contribution < -0.4 is 0 Å².